The van der Waals surface area contributed by atoms with Gasteiger partial charge in [-0.25, -0.2) is 0 Å². The van der Waals surface area contributed by atoms with Gasteiger partial charge in [-0.3, -0.25) is 0 Å². The Morgan fingerprint density at radius 1 is 1.17 bits per heavy atom. The molecular weight excluding hydrogens is 248 g/mol. The van der Waals surface area contributed by atoms with Crippen molar-refractivity contribution < 1.29 is 0 Å². The van der Waals surface area contributed by atoms with Gasteiger partial charge in [0, 0.05) is 16.1 Å². The molecule has 0 N–H and O–H groups in total. The summed E-state index contributed by atoms with van der Waals surface area (Å²) in [5, 5.41) is 0. The van der Waals surface area contributed by atoms with E-state index in [-0.39, 0.29) is 0 Å². The highest BCUT2D eigenvalue weighted by Gasteiger charge is 2.41. The van der Waals surface area contributed by atoms with Crippen molar-refractivity contribution in [2.75, 3.05) is 0 Å². The van der Waals surface area contributed by atoms with Gasteiger partial charge >= 0.3 is 0 Å². The van der Waals surface area contributed by atoms with E-state index in [9.17, 15) is 0 Å². The van der Waals surface area contributed by atoms with Gasteiger partial charge in [0.25, 0.3) is 0 Å². The lowest BCUT2D eigenvalue weighted by atomic mass is 9.94. The topological polar surface area (TPSA) is 0 Å². The van der Waals surface area contributed by atoms with Gasteiger partial charge in [-0.05, 0) is 24.7 Å². The van der Waals surface area contributed by atoms with E-state index in [0.29, 0.717) is 0 Å². The van der Waals surface area contributed by atoms with Crippen LogP contribution in [0.25, 0.3) is 0 Å². The predicted molar refractivity (Wildman–Crippen MR) is 90.7 cm³/mol. The minimum absolute atomic E-state index is 0.876. The molecule has 1 aliphatic heterocycles. The summed E-state index contributed by atoms with van der Waals surface area (Å²) in [5.74, 6) is 1.76. The summed E-state index contributed by atoms with van der Waals surface area (Å²) < 4.78 is 0. The van der Waals surface area contributed by atoms with Crippen molar-refractivity contribution in [1.82, 2.24) is 0 Å². The minimum Gasteiger partial charge on any atom is -0.0996 e. The maximum absolute atomic E-state index is 4.46. The van der Waals surface area contributed by atoms with Crippen LogP contribution in [0.2, 0.25) is 43.9 Å². The molecule has 1 unspecified atom stereocenters. The van der Waals surface area contributed by atoms with Crippen LogP contribution in [0, 0.1) is 11.8 Å². The van der Waals surface area contributed by atoms with E-state index in [1.807, 2.05) is 0 Å². The largest absolute Gasteiger partial charge is 0.0996 e. The Morgan fingerprint density at radius 3 is 2.11 bits per heavy atom. The zero-order valence-corrected chi connectivity index (χ0v) is 15.6. The average molecular weight is 283 g/mol. The highest BCUT2D eigenvalue weighted by Crippen LogP contribution is 2.42. The Labute approximate surface area is 117 Å². The lowest BCUT2D eigenvalue weighted by Gasteiger charge is -2.43. The fraction of sp³-hybridized carbons (Fsp3) is 0.875. The van der Waals surface area contributed by atoms with E-state index in [0.717, 1.165) is 11.8 Å². The number of hydrogen-bond acceptors (Lipinski definition) is 0. The predicted octanol–water partition coefficient (Wildman–Crippen LogP) is 5.95. The van der Waals surface area contributed by atoms with Crippen LogP contribution in [-0.4, -0.2) is 16.1 Å². The van der Waals surface area contributed by atoms with Gasteiger partial charge in [0.2, 0.25) is 0 Å². The molecule has 0 amide bonds. The Balaban J connectivity index is 2.57. The van der Waals surface area contributed by atoms with Crippen LogP contribution in [0.1, 0.15) is 33.1 Å². The van der Waals surface area contributed by atoms with Crippen molar-refractivity contribution >= 4 is 16.1 Å². The minimum atomic E-state index is -0.915. The van der Waals surface area contributed by atoms with E-state index in [4.69, 9.17) is 0 Å². The van der Waals surface area contributed by atoms with Crippen molar-refractivity contribution in [1.29, 1.82) is 0 Å². The fourth-order valence-corrected chi connectivity index (χ4v) is 19.3. The third kappa shape index (κ3) is 5.04. The zero-order valence-electron chi connectivity index (χ0n) is 13.6. The Kier molecular flexibility index (Phi) is 5.49. The number of hydrogen-bond donors (Lipinski definition) is 0. The second kappa shape index (κ2) is 6.08. The standard InChI is InChI=1S/C16H34Si2/c1-8-14(2)9-10-15(3)16-11-17(4,5)13-18(6,7)12-16/h14,16H,3,8-13H2,1-2,4-7H3. The number of allylic oxidation sites excluding steroid dienone is 1. The fourth-order valence-electron chi connectivity index (χ4n) is 3.97. The molecule has 1 fully saturated rings. The van der Waals surface area contributed by atoms with Crippen molar-refractivity contribution in [2.45, 2.75) is 77.1 Å². The molecule has 0 saturated carbocycles. The SMILES string of the molecule is C=C(CCC(C)CC)C1C[Si](C)(C)C[Si](C)(C)C1. The van der Waals surface area contributed by atoms with Crippen molar-refractivity contribution in [3.05, 3.63) is 12.2 Å². The summed E-state index contributed by atoms with van der Waals surface area (Å²) in [6.45, 7) is 19.6. The van der Waals surface area contributed by atoms with Gasteiger partial charge in [-0.1, -0.05) is 76.4 Å². The molecule has 0 radical (unpaired) electrons. The smallest absolute Gasteiger partial charge is 0.0453 e. The van der Waals surface area contributed by atoms with E-state index >= 15 is 0 Å². The highest BCUT2D eigenvalue weighted by molar-refractivity contribution is 6.96. The van der Waals surface area contributed by atoms with E-state index < -0.39 is 16.1 Å². The quantitative estimate of drug-likeness (QED) is 0.431. The molecule has 106 valence electrons. The van der Waals surface area contributed by atoms with Crippen LogP contribution in [-0.2, 0) is 0 Å². The monoisotopic (exact) mass is 282 g/mol. The zero-order chi connectivity index (χ0) is 14.0. The van der Waals surface area contributed by atoms with Crippen molar-refractivity contribution in [3.63, 3.8) is 0 Å². The number of rotatable bonds is 5. The normalized spacial score (nSPS) is 24.8. The molecule has 0 aromatic carbocycles. The molecule has 0 nitrogen and oxygen atoms in total. The van der Waals surface area contributed by atoms with Gasteiger partial charge < -0.3 is 0 Å². The Morgan fingerprint density at radius 2 is 1.67 bits per heavy atom. The molecule has 1 rings (SSSR count). The van der Waals surface area contributed by atoms with Gasteiger partial charge in [0.15, 0.2) is 0 Å². The first-order chi connectivity index (χ1) is 8.15. The molecule has 1 atom stereocenters. The van der Waals surface area contributed by atoms with Crippen LogP contribution in [0.5, 0.6) is 0 Å². The van der Waals surface area contributed by atoms with E-state index in [1.165, 1.54) is 31.4 Å². The highest BCUT2D eigenvalue weighted by atomic mass is 28.4. The Bertz CT molecular complexity index is 275. The summed E-state index contributed by atoms with van der Waals surface area (Å²) >= 11 is 0. The first-order valence-electron chi connectivity index (χ1n) is 7.83. The first kappa shape index (κ1) is 16.2. The molecule has 1 aliphatic rings. The molecule has 0 spiro atoms. The van der Waals surface area contributed by atoms with Crippen LogP contribution in [0.15, 0.2) is 12.2 Å². The third-order valence-corrected chi connectivity index (χ3v) is 15.6. The molecule has 2 heteroatoms. The molecule has 0 aromatic rings. The molecule has 0 bridgehead atoms. The molecule has 1 saturated heterocycles. The van der Waals surface area contributed by atoms with Crippen molar-refractivity contribution in [3.8, 4) is 0 Å². The molecule has 0 aromatic heterocycles. The maximum atomic E-state index is 4.46. The molecular formula is C16H34Si2. The Hall–Kier alpha value is 0.174. The first-order valence-corrected chi connectivity index (χ1v) is 14.7. The van der Waals surface area contributed by atoms with Gasteiger partial charge in [0.1, 0.15) is 0 Å². The van der Waals surface area contributed by atoms with Crippen LogP contribution < -0.4 is 0 Å². The average Bonchev–Trinajstić information content (AvgIpc) is 2.20. The van der Waals surface area contributed by atoms with Gasteiger partial charge in [-0.2, -0.15) is 0 Å². The summed E-state index contributed by atoms with van der Waals surface area (Å²) in [6, 6.07) is 3.03. The third-order valence-electron chi connectivity index (χ3n) is 4.79. The van der Waals surface area contributed by atoms with Crippen LogP contribution in [0.4, 0.5) is 0 Å². The summed E-state index contributed by atoms with van der Waals surface area (Å²) in [6.07, 6.45) is 3.96. The summed E-state index contributed by atoms with van der Waals surface area (Å²) in [4.78, 5) is 0. The summed E-state index contributed by atoms with van der Waals surface area (Å²) in [5.41, 5.74) is 3.23. The molecule has 1 heterocycles. The van der Waals surface area contributed by atoms with Crippen molar-refractivity contribution in [2.24, 2.45) is 11.8 Å². The molecule has 18 heavy (non-hydrogen) atoms. The van der Waals surface area contributed by atoms with E-state index in [2.05, 4.69) is 46.6 Å². The van der Waals surface area contributed by atoms with E-state index in [1.54, 1.807) is 11.2 Å². The van der Waals surface area contributed by atoms with Crippen LogP contribution >= 0.6 is 0 Å². The van der Waals surface area contributed by atoms with Gasteiger partial charge in [0.05, 0.1) is 0 Å². The maximum Gasteiger partial charge on any atom is 0.0453 e. The second-order valence-electron chi connectivity index (χ2n) is 8.32. The summed E-state index contributed by atoms with van der Waals surface area (Å²) in [7, 11) is -1.83. The second-order valence-corrected chi connectivity index (χ2v) is 19.2. The molecule has 0 aliphatic carbocycles. The lowest BCUT2D eigenvalue weighted by molar-refractivity contribution is 0.501. The van der Waals surface area contributed by atoms with Gasteiger partial charge in [-0.15, -0.1) is 0 Å². The lowest BCUT2D eigenvalue weighted by Crippen LogP contribution is -2.47. The van der Waals surface area contributed by atoms with Crippen LogP contribution in [0.3, 0.4) is 0 Å².